The Labute approximate surface area is 146 Å². The van der Waals surface area contributed by atoms with Gasteiger partial charge >= 0.3 is 0 Å². The minimum atomic E-state index is 0.847. The molecule has 0 N–H and O–H groups in total. The van der Waals surface area contributed by atoms with Gasteiger partial charge in [-0.15, -0.1) is 0 Å². The van der Waals surface area contributed by atoms with Crippen molar-refractivity contribution in [3.63, 3.8) is 0 Å². The molecular weight excluding hydrogens is 316 g/mol. The summed E-state index contributed by atoms with van der Waals surface area (Å²) in [5.74, 6) is 1.89. The summed E-state index contributed by atoms with van der Waals surface area (Å²) in [6.45, 7) is 5.55. The number of aromatic nitrogens is 6. The van der Waals surface area contributed by atoms with Crippen LogP contribution in [0.3, 0.4) is 0 Å². The third-order valence-corrected chi connectivity index (χ3v) is 4.34. The number of nitrogens with zero attached hydrogens (tertiary/aromatic N) is 8. The Bertz CT molecular complexity index is 866. The number of hydrogen-bond donors (Lipinski definition) is 0. The van der Waals surface area contributed by atoms with Crippen molar-refractivity contribution in [2.24, 2.45) is 7.05 Å². The van der Waals surface area contributed by atoms with Crippen molar-refractivity contribution in [2.45, 2.75) is 6.92 Å². The second-order valence-electron chi connectivity index (χ2n) is 6.16. The molecule has 0 atom stereocenters. The van der Waals surface area contributed by atoms with Crippen molar-refractivity contribution in [3.05, 3.63) is 42.9 Å². The summed E-state index contributed by atoms with van der Waals surface area (Å²) in [7, 11) is 1.90. The zero-order chi connectivity index (χ0) is 17.2. The second-order valence-corrected chi connectivity index (χ2v) is 6.16. The van der Waals surface area contributed by atoms with Gasteiger partial charge in [-0.1, -0.05) is 0 Å². The molecule has 0 saturated carbocycles. The van der Waals surface area contributed by atoms with Crippen LogP contribution in [0.15, 0.2) is 37.2 Å². The summed E-state index contributed by atoms with van der Waals surface area (Å²) >= 11 is 0. The average Bonchev–Trinajstić information content (AvgIpc) is 3.08. The van der Waals surface area contributed by atoms with E-state index in [1.54, 1.807) is 17.2 Å². The highest BCUT2D eigenvalue weighted by Crippen LogP contribution is 2.21. The molecule has 0 amide bonds. The highest BCUT2D eigenvalue weighted by Gasteiger charge is 2.20. The first-order valence-corrected chi connectivity index (χ1v) is 8.29. The van der Waals surface area contributed by atoms with E-state index in [1.165, 1.54) is 0 Å². The van der Waals surface area contributed by atoms with Crippen LogP contribution in [0.25, 0.3) is 11.3 Å². The topological polar surface area (TPSA) is 75.9 Å². The first kappa shape index (κ1) is 15.5. The van der Waals surface area contributed by atoms with Gasteiger partial charge < -0.3 is 9.80 Å². The maximum atomic E-state index is 4.76. The van der Waals surface area contributed by atoms with Gasteiger partial charge in [-0.3, -0.25) is 9.67 Å². The van der Waals surface area contributed by atoms with E-state index in [1.807, 2.05) is 38.6 Å². The SMILES string of the molecule is Cc1cc(N2CCN(c3cncc(-c4cnn(C)c4)n3)CC2)ncn1. The van der Waals surface area contributed by atoms with Crippen LogP contribution in [0.2, 0.25) is 0 Å². The van der Waals surface area contributed by atoms with Crippen LogP contribution in [0, 0.1) is 6.92 Å². The summed E-state index contributed by atoms with van der Waals surface area (Å²) in [5.41, 5.74) is 2.81. The van der Waals surface area contributed by atoms with Crippen molar-refractivity contribution in [1.29, 1.82) is 0 Å². The Morgan fingerprint density at radius 3 is 2.36 bits per heavy atom. The van der Waals surface area contributed by atoms with Crippen LogP contribution in [0.4, 0.5) is 11.6 Å². The van der Waals surface area contributed by atoms with E-state index in [0.717, 1.165) is 54.8 Å². The highest BCUT2D eigenvalue weighted by molar-refractivity contribution is 5.58. The second kappa shape index (κ2) is 6.46. The molecule has 1 aliphatic rings. The Morgan fingerprint density at radius 2 is 1.68 bits per heavy atom. The lowest BCUT2D eigenvalue weighted by Crippen LogP contribution is -2.47. The predicted octanol–water partition coefficient (Wildman–Crippen LogP) is 1.30. The quantitative estimate of drug-likeness (QED) is 0.713. The van der Waals surface area contributed by atoms with Crippen LogP contribution >= 0.6 is 0 Å². The molecule has 1 saturated heterocycles. The van der Waals surface area contributed by atoms with Crippen molar-refractivity contribution in [1.82, 2.24) is 29.7 Å². The van der Waals surface area contributed by atoms with Crippen LogP contribution in [-0.2, 0) is 7.05 Å². The molecular formula is C17H20N8. The third-order valence-electron chi connectivity index (χ3n) is 4.34. The lowest BCUT2D eigenvalue weighted by atomic mass is 10.2. The van der Waals surface area contributed by atoms with Crippen LogP contribution in [0.1, 0.15) is 5.69 Å². The fourth-order valence-corrected chi connectivity index (χ4v) is 2.98. The fraction of sp³-hybridized carbons (Fsp3) is 0.353. The van der Waals surface area contributed by atoms with Crippen molar-refractivity contribution < 1.29 is 0 Å². The van der Waals surface area contributed by atoms with E-state index in [0.29, 0.717) is 0 Å². The standard InChI is InChI=1S/C17H20N8/c1-13-7-16(20-12-19-13)24-3-5-25(6-4-24)17-10-18-9-15(22-17)14-8-21-23(2)11-14/h7-12H,3-6H2,1-2H3. The molecule has 8 heteroatoms. The molecule has 3 aromatic rings. The van der Waals surface area contributed by atoms with Crippen LogP contribution in [-0.4, -0.2) is 55.9 Å². The first-order chi connectivity index (χ1) is 12.2. The van der Waals surface area contributed by atoms with Crippen LogP contribution in [0.5, 0.6) is 0 Å². The zero-order valence-electron chi connectivity index (χ0n) is 14.4. The Morgan fingerprint density at radius 1 is 0.920 bits per heavy atom. The number of piperazine rings is 1. The number of hydrogen-bond acceptors (Lipinski definition) is 7. The van der Waals surface area contributed by atoms with Gasteiger partial charge in [0.05, 0.1) is 24.3 Å². The van der Waals surface area contributed by atoms with E-state index < -0.39 is 0 Å². The molecule has 0 aromatic carbocycles. The van der Waals surface area contributed by atoms with Crippen molar-refractivity contribution in [2.75, 3.05) is 36.0 Å². The summed E-state index contributed by atoms with van der Waals surface area (Å²) < 4.78 is 1.77. The zero-order valence-corrected chi connectivity index (χ0v) is 14.4. The summed E-state index contributed by atoms with van der Waals surface area (Å²) in [4.78, 5) is 22.2. The lowest BCUT2D eigenvalue weighted by molar-refractivity contribution is 0.640. The minimum absolute atomic E-state index is 0.847. The molecule has 4 rings (SSSR count). The van der Waals surface area contributed by atoms with Crippen molar-refractivity contribution in [3.8, 4) is 11.3 Å². The Hall–Kier alpha value is -3.03. The van der Waals surface area contributed by atoms with Gasteiger partial charge in [0.25, 0.3) is 0 Å². The van der Waals surface area contributed by atoms with Crippen molar-refractivity contribution >= 4 is 11.6 Å². The smallest absolute Gasteiger partial charge is 0.147 e. The minimum Gasteiger partial charge on any atom is -0.353 e. The van der Waals surface area contributed by atoms with E-state index in [4.69, 9.17) is 4.98 Å². The van der Waals surface area contributed by atoms with Gasteiger partial charge in [0.15, 0.2) is 0 Å². The molecule has 25 heavy (non-hydrogen) atoms. The monoisotopic (exact) mass is 336 g/mol. The first-order valence-electron chi connectivity index (χ1n) is 8.29. The molecule has 0 aliphatic carbocycles. The summed E-state index contributed by atoms with van der Waals surface area (Å²) in [6, 6.07) is 2.03. The van der Waals surface area contributed by atoms with Gasteiger partial charge in [-0.2, -0.15) is 5.10 Å². The van der Waals surface area contributed by atoms with E-state index in [9.17, 15) is 0 Å². The van der Waals surface area contributed by atoms with Gasteiger partial charge in [0.2, 0.25) is 0 Å². The highest BCUT2D eigenvalue weighted by atomic mass is 15.3. The molecule has 0 bridgehead atoms. The van der Waals surface area contributed by atoms with E-state index in [2.05, 4.69) is 29.9 Å². The molecule has 1 fully saturated rings. The Balaban J connectivity index is 1.47. The third kappa shape index (κ3) is 3.28. The molecule has 4 heterocycles. The van der Waals surface area contributed by atoms with Gasteiger partial charge in [0.1, 0.15) is 18.0 Å². The maximum absolute atomic E-state index is 4.76. The molecule has 8 nitrogen and oxygen atoms in total. The summed E-state index contributed by atoms with van der Waals surface area (Å²) in [5, 5.41) is 4.20. The average molecular weight is 336 g/mol. The molecule has 1 aliphatic heterocycles. The molecule has 0 unspecified atom stereocenters. The molecule has 0 spiro atoms. The largest absolute Gasteiger partial charge is 0.353 e. The van der Waals surface area contributed by atoms with Crippen LogP contribution < -0.4 is 9.80 Å². The number of aryl methyl sites for hydroxylation is 2. The predicted molar refractivity (Wildman–Crippen MR) is 95.4 cm³/mol. The van der Waals surface area contributed by atoms with Gasteiger partial charge in [-0.05, 0) is 6.92 Å². The fourth-order valence-electron chi connectivity index (χ4n) is 2.98. The van der Waals surface area contributed by atoms with Gasteiger partial charge in [0, 0.05) is 56.7 Å². The number of anilines is 2. The summed E-state index contributed by atoms with van der Waals surface area (Å²) in [6.07, 6.45) is 8.98. The normalized spacial score (nSPS) is 14.8. The lowest BCUT2D eigenvalue weighted by Gasteiger charge is -2.36. The van der Waals surface area contributed by atoms with Gasteiger partial charge in [-0.25, -0.2) is 15.0 Å². The number of rotatable bonds is 3. The Kier molecular flexibility index (Phi) is 4.01. The maximum Gasteiger partial charge on any atom is 0.147 e. The molecule has 0 radical (unpaired) electrons. The van der Waals surface area contributed by atoms with E-state index >= 15 is 0 Å². The van der Waals surface area contributed by atoms with E-state index in [-0.39, 0.29) is 0 Å². The molecule has 3 aromatic heterocycles. The molecule has 128 valence electrons.